The number of nitrogens with one attached hydrogen (secondary N) is 8. The normalized spacial score (nSPS) is 18.3. The van der Waals surface area contributed by atoms with Crippen molar-refractivity contribution < 1.29 is 47.8 Å². The van der Waals surface area contributed by atoms with Crippen molar-refractivity contribution in [2.45, 2.75) is 142 Å². The fraction of sp³-hybridized carbons (Fsp3) is 0.395. The van der Waals surface area contributed by atoms with Crippen molar-refractivity contribution >= 4 is 68.8 Å². The number of amides is 8. The monoisotopic (exact) mass is 1300 g/mol. The topological polar surface area (TPSA) is 258 Å². The molecule has 2 saturated heterocycles. The van der Waals surface area contributed by atoms with Crippen LogP contribution in [0.4, 0.5) is 0 Å². The first-order valence-corrected chi connectivity index (χ1v) is 33.0. The Bertz CT molecular complexity index is 3630. The minimum atomic E-state index is -1.08. The van der Waals surface area contributed by atoms with E-state index >= 15 is 0 Å². The number of hydrogen-bond acceptors (Lipinski definition) is 12. The van der Waals surface area contributed by atoms with Crippen LogP contribution in [-0.4, -0.2) is 146 Å². The predicted octanol–water partition coefficient (Wildman–Crippen LogP) is 7.82. The van der Waals surface area contributed by atoms with E-state index in [2.05, 4.69) is 54.7 Å². The van der Waals surface area contributed by atoms with Gasteiger partial charge < -0.3 is 61.8 Å². The molecule has 2 fully saturated rings. The van der Waals surface area contributed by atoms with Gasteiger partial charge in [0, 0.05) is 36.3 Å². The lowest BCUT2D eigenvalue weighted by Gasteiger charge is -2.36. The highest BCUT2D eigenvalue weighted by Crippen LogP contribution is 2.31. The highest BCUT2D eigenvalue weighted by atomic mass is 16.5. The van der Waals surface area contributed by atoms with Crippen LogP contribution in [0.2, 0.25) is 0 Å². The number of carbonyl (C=O) groups is 8. The summed E-state index contributed by atoms with van der Waals surface area (Å²) in [6.07, 6.45) is 0.0667. The largest absolute Gasteiger partial charge is 0.374 e. The van der Waals surface area contributed by atoms with E-state index in [1.807, 2.05) is 175 Å². The van der Waals surface area contributed by atoms with Crippen molar-refractivity contribution in [1.82, 2.24) is 52.3 Å². The van der Waals surface area contributed by atoms with Crippen molar-refractivity contribution in [3.05, 3.63) is 203 Å². The Kier molecular flexibility index (Phi) is 23.6. The highest BCUT2D eigenvalue weighted by Gasteiger charge is 2.48. The van der Waals surface area contributed by atoms with E-state index in [4.69, 9.17) is 9.47 Å². The number of nitrogens with zero attached hydrogens (tertiary/aromatic N) is 2. The molecule has 20 heteroatoms. The number of likely N-dealkylation sites (N-methyl/N-ethyl adjacent to an activating group) is 2. The molecular weight excluding hydrogens is 1210 g/mol. The minimum absolute atomic E-state index is 0.0334. The van der Waals surface area contributed by atoms with E-state index < -0.39 is 119 Å². The second-order valence-corrected chi connectivity index (χ2v) is 27.4. The van der Waals surface area contributed by atoms with E-state index in [0.717, 1.165) is 43.8 Å². The Hall–Kier alpha value is -9.34. The maximum absolute atomic E-state index is 15.0. The van der Waals surface area contributed by atoms with Gasteiger partial charge in [-0.25, -0.2) is 0 Å². The van der Waals surface area contributed by atoms with Crippen molar-refractivity contribution in [1.29, 1.82) is 0 Å². The average Bonchev–Trinajstić information content (AvgIpc) is 1.78. The Morgan fingerprint density at radius 2 is 0.792 bits per heavy atom. The van der Waals surface area contributed by atoms with Gasteiger partial charge in [-0.3, -0.25) is 38.4 Å². The summed E-state index contributed by atoms with van der Waals surface area (Å²) in [6, 6.07) is 44.9. The summed E-state index contributed by atoms with van der Waals surface area (Å²) in [5.41, 5.74) is 2.27. The van der Waals surface area contributed by atoms with Gasteiger partial charge in [-0.2, -0.15) is 0 Å². The zero-order valence-corrected chi connectivity index (χ0v) is 56.6. The minimum Gasteiger partial charge on any atom is -0.374 e. The number of fused-ring (bicyclic) bond motifs is 2. The van der Waals surface area contributed by atoms with Crippen LogP contribution in [0, 0.1) is 10.8 Å². The summed E-state index contributed by atoms with van der Waals surface area (Å²) < 4.78 is 12.6. The van der Waals surface area contributed by atoms with E-state index in [1.54, 1.807) is 27.9 Å². The molecule has 506 valence electrons. The molecule has 0 aliphatic carbocycles. The third kappa shape index (κ3) is 18.2. The quantitative estimate of drug-likeness (QED) is 0.0258. The molecule has 8 amide bonds. The summed E-state index contributed by atoms with van der Waals surface area (Å²) in [7, 11) is 3.29. The molecule has 2 heterocycles. The Morgan fingerprint density at radius 1 is 0.448 bits per heavy atom. The molecule has 7 aromatic carbocycles. The van der Waals surface area contributed by atoms with Gasteiger partial charge in [-0.05, 0) is 132 Å². The van der Waals surface area contributed by atoms with E-state index in [9.17, 15) is 38.4 Å². The van der Waals surface area contributed by atoms with Crippen LogP contribution in [0.1, 0.15) is 123 Å². The first-order chi connectivity index (χ1) is 45.9. The van der Waals surface area contributed by atoms with Gasteiger partial charge in [0.05, 0.1) is 50.6 Å². The second kappa shape index (κ2) is 31.9. The third-order valence-electron chi connectivity index (χ3n) is 18.1. The van der Waals surface area contributed by atoms with Gasteiger partial charge in [-0.1, -0.05) is 175 Å². The standard InChI is InChI=1S/C76H92N10O10/c1-47(77-9)67(87)83-65(75(3,4)5)73(93)85-41-59(39-63(85)71(91)81-61(53-23-13-11-14-24-53)45-95-43-49-29-31-51-21-17-19-27-57(51)37-49)79-69(89)55-33-35-56(36-34-55)70(90)80-60-40-64(86(42-60)74(94)66(76(6,7)8)84-68(88)48(2)78-10)72(92)82-62(54-25-15-12-16-26-54)46-96-44-50-30-32-52-22-18-20-28-58(52)38-50/h11-38,47-48,59-66,77-78H,39-46H2,1-10H3,(H,79,89)(H,80,90)(H,81,91)(H,82,92)(H,83,87)(H,84,88). The van der Waals surface area contributed by atoms with Crippen molar-refractivity contribution in [2.24, 2.45) is 10.8 Å². The molecule has 0 bridgehead atoms. The van der Waals surface area contributed by atoms with Gasteiger partial charge in [0.1, 0.15) is 24.2 Å². The highest BCUT2D eigenvalue weighted by molar-refractivity contribution is 6.00. The van der Waals surface area contributed by atoms with Gasteiger partial charge in [0.15, 0.2) is 0 Å². The fourth-order valence-corrected chi connectivity index (χ4v) is 12.2. The summed E-state index contributed by atoms with van der Waals surface area (Å²) >= 11 is 0. The number of likely N-dealkylation sites (tertiary alicyclic amines) is 2. The number of carbonyl (C=O) groups excluding carboxylic acids is 8. The van der Waals surface area contributed by atoms with Gasteiger partial charge in [-0.15, -0.1) is 0 Å². The summed E-state index contributed by atoms with van der Waals surface area (Å²) in [6.45, 7) is 15.0. The molecule has 20 nitrogen and oxygen atoms in total. The van der Waals surface area contributed by atoms with Crippen molar-refractivity contribution in [3.63, 3.8) is 0 Å². The maximum Gasteiger partial charge on any atom is 0.251 e. The van der Waals surface area contributed by atoms with Gasteiger partial charge in [0.25, 0.3) is 11.8 Å². The van der Waals surface area contributed by atoms with Gasteiger partial charge in [0.2, 0.25) is 35.4 Å². The molecular formula is C76H92N10O10. The first-order valence-electron chi connectivity index (χ1n) is 33.0. The van der Waals surface area contributed by atoms with Crippen LogP contribution in [-0.2, 0) is 51.5 Å². The Balaban J connectivity index is 0.903. The summed E-state index contributed by atoms with van der Waals surface area (Å²) in [5, 5.41) is 28.5. The molecule has 7 aromatic rings. The molecule has 8 N–H and O–H groups in total. The van der Waals surface area contributed by atoms with Crippen LogP contribution >= 0.6 is 0 Å². The molecule has 9 rings (SSSR count). The molecule has 2 aliphatic rings. The number of ether oxygens (including phenoxy) is 2. The summed E-state index contributed by atoms with van der Waals surface area (Å²) in [5.74, 6) is -3.79. The first kappa shape index (κ1) is 71.0. The zero-order chi connectivity index (χ0) is 68.8. The smallest absolute Gasteiger partial charge is 0.251 e. The van der Waals surface area contributed by atoms with Gasteiger partial charge >= 0.3 is 0 Å². The molecule has 0 radical (unpaired) electrons. The number of hydrogen-bond donors (Lipinski definition) is 8. The van der Waals surface area contributed by atoms with Crippen LogP contribution in [0.5, 0.6) is 0 Å². The van der Waals surface area contributed by atoms with Crippen LogP contribution in [0.3, 0.4) is 0 Å². The molecule has 0 aromatic heterocycles. The number of rotatable bonds is 26. The zero-order valence-electron chi connectivity index (χ0n) is 56.6. The second-order valence-electron chi connectivity index (χ2n) is 27.4. The molecule has 0 saturated carbocycles. The van der Waals surface area contributed by atoms with Crippen LogP contribution in [0.15, 0.2) is 170 Å². The average molecular weight is 1310 g/mol. The van der Waals surface area contributed by atoms with Crippen molar-refractivity contribution in [2.75, 3.05) is 40.4 Å². The maximum atomic E-state index is 15.0. The van der Waals surface area contributed by atoms with E-state index in [-0.39, 0.29) is 63.5 Å². The lowest BCUT2D eigenvalue weighted by atomic mass is 9.85. The van der Waals surface area contributed by atoms with Crippen LogP contribution < -0.4 is 42.5 Å². The van der Waals surface area contributed by atoms with E-state index in [0.29, 0.717) is 0 Å². The Morgan fingerprint density at radius 3 is 1.14 bits per heavy atom. The number of benzene rings is 7. The molecule has 2 aliphatic heterocycles. The fourth-order valence-electron chi connectivity index (χ4n) is 12.2. The molecule has 10 unspecified atom stereocenters. The third-order valence-corrected chi connectivity index (χ3v) is 18.1. The lowest BCUT2D eigenvalue weighted by Crippen LogP contribution is -2.59. The van der Waals surface area contributed by atoms with Crippen LogP contribution in [0.25, 0.3) is 21.5 Å². The van der Waals surface area contributed by atoms with Crippen molar-refractivity contribution in [3.8, 4) is 0 Å². The molecule has 0 spiro atoms. The summed E-state index contributed by atoms with van der Waals surface area (Å²) in [4.78, 5) is 118. The Labute approximate surface area is 562 Å². The van der Waals surface area contributed by atoms with E-state index in [1.165, 1.54) is 34.1 Å². The SMILES string of the molecule is CNC(C)C(=O)NC(C(=O)N1CC(NC(=O)c2ccc(C(=O)NC3CC(C(=O)NC(COCc4ccc5ccccc5c4)c4ccccc4)N(C(=O)C(NC(=O)C(C)NC)C(C)(C)C)C3)cc2)CC1C(=O)NC(COCc1ccc2ccccc2c1)c1ccccc1)C(C)(C)C. The molecule has 10 atom stereocenters. The predicted molar refractivity (Wildman–Crippen MR) is 371 cm³/mol. The lowest BCUT2D eigenvalue weighted by molar-refractivity contribution is -0.144. The molecule has 96 heavy (non-hydrogen) atoms.